The first-order chi connectivity index (χ1) is 13.3. The lowest BCUT2D eigenvalue weighted by Gasteiger charge is -2.38. The predicted octanol–water partition coefficient (Wildman–Crippen LogP) is 5.65. The average molecular weight is 397 g/mol. The monoisotopic (exact) mass is 396 g/mol. The van der Waals surface area contributed by atoms with Crippen molar-refractivity contribution >= 4 is 28.6 Å². The molecule has 0 bridgehead atoms. The number of rotatable bonds is 3. The molecule has 0 amide bonds. The molecular weight excluding hydrogens is 380 g/mol. The van der Waals surface area contributed by atoms with Crippen LogP contribution in [0.3, 0.4) is 0 Å². The van der Waals surface area contributed by atoms with Gasteiger partial charge in [-0.3, -0.25) is 0 Å². The summed E-state index contributed by atoms with van der Waals surface area (Å²) >= 11 is 8.21. The summed E-state index contributed by atoms with van der Waals surface area (Å²) in [5, 5.41) is 9.73. The predicted molar refractivity (Wildman–Crippen MR) is 108 cm³/mol. The number of para-hydroxylation sites is 1. The van der Waals surface area contributed by atoms with E-state index in [2.05, 4.69) is 23.6 Å². The molecule has 0 fully saturated rings. The van der Waals surface area contributed by atoms with Gasteiger partial charge in [-0.25, -0.2) is 5.01 Å². The van der Waals surface area contributed by atoms with Gasteiger partial charge in [0.1, 0.15) is 0 Å². The van der Waals surface area contributed by atoms with E-state index in [1.54, 1.807) is 18.4 Å². The van der Waals surface area contributed by atoms with Gasteiger partial charge >= 0.3 is 0 Å². The van der Waals surface area contributed by atoms with E-state index >= 15 is 0 Å². The number of fused-ring (bicyclic) bond motifs is 3. The molecule has 5 rings (SSSR count). The molecule has 4 nitrogen and oxygen atoms in total. The fourth-order valence-electron chi connectivity index (χ4n) is 3.72. The number of methoxy groups -OCH3 is 1. The summed E-state index contributed by atoms with van der Waals surface area (Å²) in [5.74, 6) is 1.50. The van der Waals surface area contributed by atoms with E-state index in [0.717, 1.165) is 34.8 Å². The number of nitrogens with zero attached hydrogens (tertiary/aromatic N) is 2. The first-order valence-corrected chi connectivity index (χ1v) is 9.99. The van der Waals surface area contributed by atoms with Gasteiger partial charge in [-0.15, -0.1) is 11.3 Å². The maximum absolute atomic E-state index is 6.50. The molecule has 0 radical (unpaired) electrons. The standard InChI is InChI=1S/C21H17ClN2O2S/c1-25-18-9-4-7-14-17-12-16(19-10-5-11-27-19)23-24(17)21(26-20(14)18)13-6-2-3-8-15(13)22/h2-11,17,21H,12H2,1H3/t17-,21-/m1/s1. The lowest BCUT2D eigenvalue weighted by Crippen LogP contribution is -2.34. The molecule has 0 saturated heterocycles. The second kappa shape index (κ2) is 6.59. The minimum atomic E-state index is -0.398. The van der Waals surface area contributed by atoms with Crippen LogP contribution >= 0.6 is 22.9 Å². The Morgan fingerprint density at radius 2 is 1.96 bits per heavy atom. The smallest absolute Gasteiger partial charge is 0.215 e. The highest BCUT2D eigenvalue weighted by molar-refractivity contribution is 7.12. The number of hydrogen-bond acceptors (Lipinski definition) is 5. The highest BCUT2D eigenvalue weighted by atomic mass is 35.5. The highest BCUT2D eigenvalue weighted by Gasteiger charge is 2.42. The van der Waals surface area contributed by atoms with Crippen molar-refractivity contribution in [3.8, 4) is 11.5 Å². The number of ether oxygens (including phenoxy) is 2. The van der Waals surface area contributed by atoms with Crippen molar-refractivity contribution in [1.82, 2.24) is 5.01 Å². The van der Waals surface area contributed by atoms with E-state index in [-0.39, 0.29) is 6.04 Å². The van der Waals surface area contributed by atoms with Gasteiger partial charge in [0, 0.05) is 22.6 Å². The first-order valence-electron chi connectivity index (χ1n) is 8.74. The van der Waals surface area contributed by atoms with E-state index in [0.29, 0.717) is 5.02 Å². The number of halogens is 1. The van der Waals surface area contributed by atoms with E-state index in [4.69, 9.17) is 26.2 Å². The van der Waals surface area contributed by atoms with Gasteiger partial charge in [-0.1, -0.05) is 48.0 Å². The molecule has 0 spiro atoms. The summed E-state index contributed by atoms with van der Waals surface area (Å²) in [6, 6.07) is 18.0. The average Bonchev–Trinajstić information content (AvgIpc) is 3.37. The Morgan fingerprint density at radius 3 is 2.74 bits per heavy atom. The summed E-state index contributed by atoms with van der Waals surface area (Å²) < 4.78 is 12.0. The Hall–Kier alpha value is -2.50. The van der Waals surface area contributed by atoms with Crippen LogP contribution in [0.15, 0.2) is 65.1 Å². The van der Waals surface area contributed by atoms with Crippen LogP contribution in [0, 0.1) is 0 Å². The van der Waals surface area contributed by atoms with Gasteiger partial charge in [-0.2, -0.15) is 5.10 Å². The van der Waals surface area contributed by atoms with Gasteiger partial charge in [0.25, 0.3) is 0 Å². The van der Waals surface area contributed by atoms with Gasteiger partial charge in [0.2, 0.25) is 6.23 Å². The molecule has 2 aliphatic heterocycles. The fraction of sp³-hybridized carbons (Fsp3) is 0.190. The maximum Gasteiger partial charge on any atom is 0.215 e. The lowest BCUT2D eigenvalue weighted by molar-refractivity contribution is -0.0208. The molecule has 27 heavy (non-hydrogen) atoms. The van der Waals surface area contributed by atoms with Crippen LogP contribution in [-0.4, -0.2) is 17.8 Å². The molecule has 136 valence electrons. The van der Waals surface area contributed by atoms with Crippen LogP contribution in [0.2, 0.25) is 5.02 Å². The molecule has 3 heterocycles. The normalized spacial score (nSPS) is 20.5. The lowest BCUT2D eigenvalue weighted by atomic mass is 9.97. The third kappa shape index (κ3) is 2.69. The van der Waals surface area contributed by atoms with Crippen molar-refractivity contribution in [3.63, 3.8) is 0 Å². The Labute approximate surface area is 166 Å². The number of hydrogen-bond donors (Lipinski definition) is 0. The van der Waals surface area contributed by atoms with Crippen molar-refractivity contribution in [2.75, 3.05) is 7.11 Å². The van der Waals surface area contributed by atoms with Crippen LogP contribution in [0.4, 0.5) is 0 Å². The molecule has 2 atom stereocenters. The second-order valence-corrected chi connectivity index (χ2v) is 7.85. The molecule has 1 aromatic heterocycles. The highest BCUT2D eigenvalue weighted by Crippen LogP contribution is 2.51. The minimum absolute atomic E-state index is 0.0854. The van der Waals surface area contributed by atoms with E-state index in [1.807, 2.05) is 41.4 Å². The molecule has 2 aromatic carbocycles. The van der Waals surface area contributed by atoms with Crippen LogP contribution in [0.1, 0.15) is 34.7 Å². The number of hydrazone groups is 1. The fourth-order valence-corrected chi connectivity index (χ4v) is 4.67. The Morgan fingerprint density at radius 1 is 1.11 bits per heavy atom. The summed E-state index contributed by atoms with van der Waals surface area (Å²) in [7, 11) is 1.66. The molecule has 6 heteroatoms. The Bertz CT molecular complexity index is 1020. The summed E-state index contributed by atoms with van der Waals surface area (Å²) in [5.41, 5.74) is 3.07. The van der Waals surface area contributed by atoms with Crippen LogP contribution in [-0.2, 0) is 0 Å². The summed E-state index contributed by atoms with van der Waals surface area (Å²) in [6.45, 7) is 0. The molecule has 0 N–H and O–H groups in total. The quantitative estimate of drug-likeness (QED) is 0.573. The van der Waals surface area contributed by atoms with E-state index < -0.39 is 6.23 Å². The molecule has 0 saturated carbocycles. The van der Waals surface area contributed by atoms with Crippen LogP contribution in [0.5, 0.6) is 11.5 Å². The zero-order valence-electron chi connectivity index (χ0n) is 14.6. The second-order valence-electron chi connectivity index (χ2n) is 6.49. The third-order valence-electron chi connectivity index (χ3n) is 4.98. The number of benzene rings is 2. The summed E-state index contributed by atoms with van der Waals surface area (Å²) in [6.07, 6.45) is 0.426. The van der Waals surface area contributed by atoms with Gasteiger partial charge in [0.15, 0.2) is 11.5 Å². The molecule has 0 unspecified atom stereocenters. The van der Waals surface area contributed by atoms with E-state index in [9.17, 15) is 0 Å². The third-order valence-corrected chi connectivity index (χ3v) is 6.24. The zero-order valence-corrected chi connectivity index (χ0v) is 16.2. The van der Waals surface area contributed by atoms with Gasteiger partial charge in [-0.05, 0) is 23.6 Å². The van der Waals surface area contributed by atoms with Gasteiger partial charge in [0.05, 0.1) is 23.7 Å². The topological polar surface area (TPSA) is 34.1 Å². The minimum Gasteiger partial charge on any atom is -0.493 e. The van der Waals surface area contributed by atoms with Crippen molar-refractivity contribution < 1.29 is 9.47 Å². The Kier molecular flexibility index (Phi) is 4.06. The maximum atomic E-state index is 6.50. The summed E-state index contributed by atoms with van der Waals surface area (Å²) in [4.78, 5) is 1.19. The SMILES string of the molecule is COc1cccc2c1O[C@H](c1ccccc1Cl)N1N=C(c3cccs3)C[C@H]21. The van der Waals surface area contributed by atoms with Gasteiger partial charge < -0.3 is 9.47 Å². The van der Waals surface area contributed by atoms with E-state index in [1.165, 1.54) is 4.88 Å². The molecular formula is C21H17ClN2O2S. The van der Waals surface area contributed by atoms with Crippen molar-refractivity contribution in [2.45, 2.75) is 18.7 Å². The van der Waals surface area contributed by atoms with Crippen molar-refractivity contribution in [2.24, 2.45) is 5.10 Å². The molecule has 3 aromatic rings. The Balaban J connectivity index is 1.66. The number of thiophene rings is 1. The zero-order chi connectivity index (χ0) is 18.4. The molecule has 2 aliphatic rings. The van der Waals surface area contributed by atoms with Crippen molar-refractivity contribution in [3.05, 3.63) is 81.0 Å². The van der Waals surface area contributed by atoms with Crippen molar-refractivity contribution in [1.29, 1.82) is 0 Å². The van der Waals surface area contributed by atoms with Crippen LogP contribution in [0.25, 0.3) is 0 Å². The first kappa shape index (κ1) is 16.7. The molecule has 0 aliphatic carbocycles. The largest absolute Gasteiger partial charge is 0.493 e. The van der Waals surface area contributed by atoms with Crippen LogP contribution < -0.4 is 9.47 Å².